The predicted octanol–water partition coefficient (Wildman–Crippen LogP) is 9.25. The number of ether oxygens (including phenoxy) is 1. The molecule has 15 nitrogen and oxygen atoms in total. The fourth-order valence-corrected chi connectivity index (χ4v) is 12.2. The number of likely N-dealkylation sites (tertiary alicyclic amines) is 1. The van der Waals surface area contributed by atoms with Crippen LogP contribution in [-0.4, -0.2) is 93.8 Å². The Kier molecular flexibility index (Phi) is 13.7. The number of rotatable bonds is 14. The molecule has 1 saturated heterocycles. The number of β-amino-alcohol motifs (C(OH)–C–C–N with tert-alkyl or cyclic N) is 1. The summed E-state index contributed by atoms with van der Waals surface area (Å²) in [5.74, 6) is 1.16. The lowest BCUT2D eigenvalue weighted by atomic mass is 9.89. The van der Waals surface area contributed by atoms with Crippen molar-refractivity contribution in [2.75, 3.05) is 6.54 Å². The Bertz CT molecular complexity index is 3190. The van der Waals surface area contributed by atoms with E-state index in [4.69, 9.17) is 21.3 Å². The molecule has 0 spiro atoms. The van der Waals surface area contributed by atoms with Crippen molar-refractivity contribution in [2.24, 2.45) is 10.9 Å². The normalized spacial score (nSPS) is 20.2. The summed E-state index contributed by atoms with van der Waals surface area (Å²) in [6.45, 7) is 14.0. The van der Waals surface area contributed by atoms with Gasteiger partial charge in [-0.3, -0.25) is 28.6 Å². The summed E-state index contributed by atoms with van der Waals surface area (Å²) in [4.78, 5) is 55.4. The highest BCUT2D eigenvalue weighted by Crippen LogP contribution is 2.40. The molecule has 1 unspecified atom stereocenters. The number of fused-ring (bicyclic) bond motifs is 3. The highest BCUT2D eigenvalue weighted by molar-refractivity contribution is 7.15. The second-order valence-electron chi connectivity index (χ2n) is 19.5. The molecular formula is C54H57ClN10O5S2. The smallest absolute Gasteiger partial charge is 0.248 e. The number of nitrogens with one attached hydrogen (secondary N) is 2. The quantitative estimate of drug-likeness (QED) is 0.0957. The molecule has 6 heterocycles. The van der Waals surface area contributed by atoms with Gasteiger partial charge < -0.3 is 25.4 Å². The zero-order valence-corrected chi connectivity index (χ0v) is 43.6. The third-order valence-corrected chi connectivity index (χ3v) is 16.5. The maximum Gasteiger partial charge on any atom is 0.248 e. The van der Waals surface area contributed by atoms with Crippen LogP contribution in [0.1, 0.15) is 109 Å². The average Bonchev–Trinajstić information content (AvgIpc) is 4.19. The average molecular weight is 1030 g/mol. The van der Waals surface area contributed by atoms with Crippen molar-refractivity contribution in [2.45, 2.75) is 117 Å². The Labute approximate surface area is 431 Å². The van der Waals surface area contributed by atoms with Gasteiger partial charge in [0.1, 0.15) is 40.8 Å². The van der Waals surface area contributed by atoms with Crippen LogP contribution in [0.15, 0.2) is 95.7 Å². The van der Waals surface area contributed by atoms with Gasteiger partial charge in [0.05, 0.1) is 46.6 Å². The van der Waals surface area contributed by atoms with Crippen LogP contribution in [-0.2, 0) is 14.4 Å². The summed E-state index contributed by atoms with van der Waals surface area (Å²) >= 11 is 9.55. The molecule has 1 aliphatic carbocycles. The molecule has 1 saturated carbocycles. The number of carbonyl (C=O) groups is 3. The Morgan fingerprint density at radius 3 is 2.39 bits per heavy atom. The molecule has 18 heteroatoms. The van der Waals surface area contributed by atoms with Gasteiger partial charge in [-0.15, -0.1) is 32.9 Å². The van der Waals surface area contributed by atoms with Crippen molar-refractivity contribution >= 4 is 57.7 Å². The number of nitrogens with zero attached hydrogens (tertiary/aromatic N) is 8. The Morgan fingerprint density at radius 1 is 0.917 bits per heavy atom. The number of amides is 3. The van der Waals surface area contributed by atoms with Gasteiger partial charge in [0, 0.05) is 64.6 Å². The van der Waals surface area contributed by atoms with Crippen LogP contribution in [0.25, 0.3) is 26.6 Å². The lowest BCUT2D eigenvalue weighted by molar-refractivity contribution is -0.142. The number of benzene rings is 3. The first-order valence-electron chi connectivity index (χ1n) is 24.4. The van der Waals surface area contributed by atoms with E-state index in [2.05, 4.69) is 44.8 Å². The molecule has 0 radical (unpaired) electrons. The monoisotopic (exact) mass is 1020 g/mol. The number of carbonyl (C=O) groups excluding carboxylic acids is 3. The highest BCUT2D eigenvalue weighted by Gasteiger charge is 2.43. The van der Waals surface area contributed by atoms with Crippen molar-refractivity contribution in [1.82, 2.24) is 45.1 Å². The number of aryl methyl sites for hydroxylation is 3. The predicted molar refractivity (Wildman–Crippen MR) is 280 cm³/mol. The number of thiophene rings is 1. The number of hydrogen-bond donors (Lipinski definition) is 3. The van der Waals surface area contributed by atoms with Gasteiger partial charge in [-0.2, -0.15) is 5.10 Å². The van der Waals surface area contributed by atoms with E-state index in [1.165, 1.54) is 9.78 Å². The first-order chi connectivity index (χ1) is 34.6. The van der Waals surface area contributed by atoms with Gasteiger partial charge >= 0.3 is 0 Å². The second kappa shape index (κ2) is 20.2. The SMILES string of the molecule is Cc1ncsc1-c1ccc([C@H](C)NC(=O)[C@@H]2C[C@@H](O)CN2C(=O)C(C(C)C)n2cc(-c3cccc(OC4CC(NC(=O)C[C@@H]5N=C(c6ccc(Cl)cc6)c6c(sc(C)c6C)-n6c(C)nnc65)C4)c3)cn2)cc1. The van der Waals surface area contributed by atoms with Crippen molar-refractivity contribution in [1.29, 1.82) is 0 Å². The summed E-state index contributed by atoms with van der Waals surface area (Å²) in [7, 11) is 0. The molecular weight excluding hydrogens is 968 g/mol. The van der Waals surface area contributed by atoms with Gasteiger partial charge in [-0.1, -0.05) is 74.0 Å². The van der Waals surface area contributed by atoms with E-state index in [0.29, 0.717) is 29.4 Å². The van der Waals surface area contributed by atoms with Crippen LogP contribution in [0.5, 0.6) is 5.75 Å². The van der Waals surface area contributed by atoms with E-state index in [0.717, 1.165) is 66.1 Å². The fraction of sp³-hybridized carbons (Fsp3) is 0.370. The minimum atomic E-state index is -0.834. The van der Waals surface area contributed by atoms with E-state index in [-0.39, 0.29) is 61.2 Å². The second-order valence-corrected chi connectivity index (χ2v) is 22.0. The van der Waals surface area contributed by atoms with E-state index in [9.17, 15) is 19.5 Å². The largest absolute Gasteiger partial charge is 0.490 e. The number of halogens is 1. The van der Waals surface area contributed by atoms with Crippen LogP contribution in [0, 0.1) is 33.6 Å². The standard InChI is InChI=1S/C54H57ClN10O5S2/c1-28(2)49(53(69)63-26-41(66)22-45(63)52(68)58-30(4)34-11-13-36(14-12-34)50-31(5)56-27-71-50)64-25-38(24-57-64)37-9-8-10-42(19-37)70-43-20-40(21-43)59-46(67)23-44-51-62-61-33(7)65(51)54-47(29(3)32(6)72-54)48(60-44)35-15-17-39(55)18-16-35/h8-19,24-25,27-28,30,40-41,43-45,49,66H,20-23,26H2,1-7H3,(H,58,68)(H,59,67)/t30-,40?,41+,43?,44-,45-,49?/m0/s1. The third kappa shape index (κ3) is 9.74. The van der Waals surface area contributed by atoms with Gasteiger partial charge in [-0.05, 0) is 87.1 Å². The topological polar surface area (TPSA) is 182 Å². The number of hydrogen-bond acceptors (Lipinski definition) is 12. The number of aliphatic imine (C=N–C) groups is 1. The third-order valence-electron chi connectivity index (χ3n) is 14.1. The molecule has 0 bridgehead atoms. The Balaban J connectivity index is 0.762. The molecule has 5 atom stereocenters. The van der Waals surface area contributed by atoms with E-state index in [1.54, 1.807) is 33.6 Å². The van der Waals surface area contributed by atoms with Gasteiger partial charge in [-0.25, -0.2) is 4.98 Å². The fourth-order valence-electron chi connectivity index (χ4n) is 10.0. The van der Waals surface area contributed by atoms with Crippen LogP contribution < -0.4 is 15.4 Å². The molecule has 72 heavy (non-hydrogen) atoms. The van der Waals surface area contributed by atoms with Gasteiger partial charge in [0.2, 0.25) is 17.7 Å². The molecule has 3 aromatic carbocycles. The zero-order chi connectivity index (χ0) is 50.5. The molecule has 2 aliphatic heterocycles. The lowest BCUT2D eigenvalue weighted by Gasteiger charge is -2.36. The zero-order valence-electron chi connectivity index (χ0n) is 41.2. The first kappa shape index (κ1) is 49.1. The van der Waals surface area contributed by atoms with Crippen molar-refractivity contribution < 1.29 is 24.2 Å². The number of aliphatic hydroxyl groups is 1. The van der Waals surface area contributed by atoms with Crippen LogP contribution >= 0.6 is 34.3 Å². The van der Waals surface area contributed by atoms with E-state index >= 15 is 0 Å². The molecule has 4 aromatic heterocycles. The molecule has 3 aliphatic rings. The van der Waals surface area contributed by atoms with E-state index < -0.39 is 24.2 Å². The number of aliphatic hydroxyl groups excluding tert-OH is 1. The van der Waals surface area contributed by atoms with Gasteiger partial charge in [0.25, 0.3) is 0 Å². The van der Waals surface area contributed by atoms with Crippen LogP contribution in [0.4, 0.5) is 0 Å². The van der Waals surface area contributed by atoms with Gasteiger partial charge in [0.15, 0.2) is 5.82 Å². The minimum Gasteiger partial charge on any atom is -0.490 e. The summed E-state index contributed by atoms with van der Waals surface area (Å²) in [5.41, 5.74) is 10.3. The minimum absolute atomic E-state index is 0.0529. The summed E-state index contributed by atoms with van der Waals surface area (Å²) < 4.78 is 10.1. The Morgan fingerprint density at radius 2 is 1.67 bits per heavy atom. The first-order valence-corrected chi connectivity index (χ1v) is 26.4. The molecule has 372 valence electrons. The van der Waals surface area contributed by atoms with Crippen LogP contribution in [0.3, 0.4) is 0 Å². The molecule has 3 amide bonds. The lowest BCUT2D eigenvalue weighted by Crippen LogP contribution is -2.49. The van der Waals surface area contributed by atoms with E-state index in [1.807, 2.05) is 124 Å². The van der Waals surface area contributed by atoms with Crippen molar-refractivity contribution in [3.8, 4) is 32.3 Å². The maximum atomic E-state index is 14.4. The highest BCUT2D eigenvalue weighted by atomic mass is 35.5. The molecule has 7 aromatic rings. The van der Waals surface area contributed by atoms with Crippen molar-refractivity contribution in [3.63, 3.8) is 0 Å². The maximum absolute atomic E-state index is 14.4. The number of thiazole rings is 1. The van der Waals surface area contributed by atoms with Crippen molar-refractivity contribution in [3.05, 3.63) is 140 Å². The van der Waals surface area contributed by atoms with Crippen LogP contribution in [0.2, 0.25) is 5.02 Å². The molecule has 3 N–H and O–H groups in total. The number of aromatic nitrogens is 6. The summed E-state index contributed by atoms with van der Waals surface area (Å²) in [6.07, 6.45) is 4.18. The Hall–Kier alpha value is -6.53. The summed E-state index contributed by atoms with van der Waals surface area (Å²) in [5, 5.41) is 32.4. The summed E-state index contributed by atoms with van der Waals surface area (Å²) in [6, 6.07) is 20.9. The molecule has 2 fully saturated rings. The molecule has 10 rings (SSSR count).